The Bertz CT molecular complexity index is 1090. The first kappa shape index (κ1) is 19.8. The van der Waals surface area contributed by atoms with Crippen molar-refractivity contribution in [3.05, 3.63) is 65.7 Å². The average Bonchev–Trinajstić information content (AvgIpc) is 3.30. The number of hydrogen-bond donors (Lipinski definition) is 1. The van der Waals surface area contributed by atoms with E-state index in [1.807, 2.05) is 17.5 Å². The summed E-state index contributed by atoms with van der Waals surface area (Å²) in [6.45, 7) is 0.993. The minimum Gasteiger partial charge on any atom is -0.322 e. The first-order chi connectivity index (χ1) is 14.1. The third-order valence-corrected chi connectivity index (χ3v) is 7.67. The molecule has 2 aromatic carbocycles. The average molecular weight is 428 g/mol. The van der Waals surface area contributed by atoms with Crippen LogP contribution in [-0.2, 0) is 10.0 Å². The number of carbonyl (C=O) groups excluding carboxylic acids is 1. The Hall–Kier alpha value is -2.55. The quantitative estimate of drug-likeness (QED) is 0.661. The lowest BCUT2D eigenvalue weighted by Gasteiger charge is -2.26. The number of aromatic nitrogens is 1. The number of hydrogen-bond acceptors (Lipinski definition) is 5. The zero-order valence-electron chi connectivity index (χ0n) is 15.7. The summed E-state index contributed by atoms with van der Waals surface area (Å²) in [5.74, 6) is -0.441. The van der Waals surface area contributed by atoms with E-state index in [1.165, 1.54) is 10.4 Å². The molecule has 0 unspecified atom stereocenters. The molecular formula is C21H21N3O3S2. The summed E-state index contributed by atoms with van der Waals surface area (Å²) in [4.78, 5) is 17.2. The Morgan fingerprint density at radius 3 is 2.41 bits per heavy atom. The van der Waals surface area contributed by atoms with Crippen LogP contribution in [0.4, 0.5) is 5.69 Å². The lowest BCUT2D eigenvalue weighted by Crippen LogP contribution is -2.36. The molecule has 2 heterocycles. The number of rotatable bonds is 5. The molecule has 1 aromatic heterocycles. The normalized spacial score (nSPS) is 15.2. The molecule has 1 aliphatic rings. The number of amides is 1. The molecule has 0 saturated carbocycles. The zero-order chi connectivity index (χ0) is 20.3. The first-order valence-electron chi connectivity index (χ1n) is 9.46. The molecule has 3 aromatic rings. The fourth-order valence-corrected chi connectivity index (χ4v) is 5.73. The predicted molar refractivity (Wildman–Crippen MR) is 115 cm³/mol. The van der Waals surface area contributed by atoms with Gasteiger partial charge in [0.15, 0.2) is 0 Å². The van der Waals surface area contributed by atoms with Crippen LogP contribution in [0.5, 0.6) is 0 Å². The van der Waals surface area contributed by atoms with E-state index in [9.17, 15) is 13.2 Å². The van der Waals surface area contributed by atoms with E-state index in [-0.39, 0.29) is 10.5 Å². The molecule has 29 heavy (non-hydrogen) atoms. The summed E-state index contributed by atoms with van der Waals surface area (Å²) in [5, 5.41) is 5.62. The molecule has 0 aliphatic carbocycles. The van der Waals surface area contributed by atoms with Crippen molar-refractivity contribution < 1.29 is 13.2 Å². The van der Waals surface area contributed by atoms with Gasteiger partial charge in [0.1, 0.15) is 5.01 Å². The number of nitrogens with one attached hydrogen (secondary N) is 1. The van der Waals surface area contributed by atoms with Gasteiger partial charge in [0.05, 0.1) is 10.5 Å². The lowest BCUT2D eigenvalue weighted by atomic mass is 10.2. The molecule has 0 atom stereocenters. The van der Waals surface area contributed by atoms with Gasteiger partial charge in [-0.25, -0.2) is 13.4 Å². The molecule has 8 heteroatoms. The number of thiazole rings is 1. The van der Waals surface area contributed by atoms with Crippen LogP contribution < -0.4 is 5.32 Å². The summed E-state index contributed by atoms with van der Waals surface area (Å²) in [6, 6.07) is 13.7. The Morgan fingerprint density at radius 2 is 1.72 bits per heavy atom. The standard InChI is InChI=1S/C21H21N3O3S2/c25-20(23-17-10-8-16(9-11-17)21-22-12-15-28-21)18-6-2-3-7-19(18)29(26,27)24-13-4-1-5-14-24/h2-3,6-12,15H,1,4-5,13-14H2,(H,23,25). The highest BCUT2D eigenvalue weighted by atomic mass is 32.2. The van der Waals surface area contributed by atoms with E-state index in [4.69, 9.17) is 0 Å². The van der Waals surface area contributed by atoms with E-state index in [1.54, 1.807) is 47.9 Å². The first-order valence-corrected chi connectivity index (χ1v) is 11.8. The van der Waals surface area contributed by atoms with Gasteiger partial charge in [-0.2, -0.15) is 4.31 Å². The van der Waals surface area contributed by atoms with Gasteiger partial charge in [-0.1, -0.05) is 18.6 Å². The second-order valence-electron chi connectivity index (χ2n) is 6.83. The van der Waals surface area contributed by atoms with Crippen molar-refractivity contribution in [2.24, 2.45) is 0 Å². The van der Waals surface area contributed by atoms with E-state index in [2.05, 4.69) is 10.3 Å². The number of nitrogens with zero attached hydrogens (tertiary/aromatic N) is 2. The van der Waals surface area contributed by atoms with Gasteiger partial charge < -0.3 is 5.32 Å². The molecule has 0 spiro atoms. The summed E-state index contributed by atoms with van der Waals surface area (Å²) in [6.07, 6.45) is 4.47. The fraction of sp³-hybridized carbons (Fsp3) is 0.238. The van der Waals surface area contributed by atoms with E-state index in [0.717, 1.165) is 29.8 Å². The SMILES string of the molecule is O=C(Nc1ccc(-c2nccs2)cc1)c1ccccc1S(=O)(=O)N1CCCCC1. The number of sulfonamides is 1. The fourth-order valence-electron chi connectivity index (χ4n) is 3.38. The number of piperidine rings is 1. The van der Waals surface area contributed by atoms with Gasteiger partial charge in [0.2, 0.25) is 10.0 Å². The van der Waals surface area contributed by atoms with E-state index >= 15 is 0 Å². The van der Waals surface area contributed by atoms with Crippen LogP contribution in [0.25, 0.3) is 10.6 Å². The Kier molecular flexibility index (Phi) is 5.75. The van der Waals surface area contributed by atoms with Crippen molar-refractivity contribution in [3.63, 3.8) is 0 Å². The van der Waals surface area contributed by atoms with Gasteiger partial charge in [0.25, 0.3) is 5.91 Å². The van der Waals surface area contributed by atoms with Crippen molar-refractivity contribution in [1.82, 2.24) is 9.29 Å². The molecule has 1 N–H and O–H groups in total. The molecule has 1 saturated heterocycles. The van der Waals surface area contributed by atoms with Crippen LogP contribution in [0.15, 0.2) is 65.0 Å². The van der Waals surface area contributed by atoms with E-state index in [0.29, 0.717) is 18.8 Å². The van der Waals surface area contributed by atoms with Gasteiger partial charge >= 0.3 is 0 Å². The maximum Gasteiger partial charge on any atom is 0.257 e. The molecule has 4 rings (SSSR count). The lowest BCUT2D eigenvalue weighted by molar-refractivity contribution is 0.102. The van der Waals surface area contributed by atoms with Gasteiger partial charge in [-0.05, 0) is 49.2 Å². The summed E-state index contributed by atoms with van der Waals surface area (Å²) >= 11 is 1.54. The number of benzene rings is 2. The molecule has 150 valence electrons. The molecule has 1 amide bonds. The minimum atomic E-state index is -3.70. The zero-order valence-corrected chi connectivity index (χ0v) is 17.4. The Morgan fingerprint density at radius 1 is 1.00 bits per heavy atom. The number of carbonyl (C=O) groups is 1. The van der Waals surface area contributed by atoms with Crippen molar-refractivity contribution >= 4 is 33.0 Å². The highest BCUT2D eigenvalue weighted by molar-refractivity contribution is 7.89. The second-order valence-corrected chi connectivity index (χ2v) is 9.63. The molecule has 1 fully saturated rings. The van der Waals surface area contributed by atoms with Gasteiger partial charge in [-0.15, -0.1) is 11.3 Å². The summed E-state index contributed by atoms with van der Waals surface area (Å²) < 4.78 is 27.6. The predicted octanol–water partition coefficient (Wildman–Crippen LogP) is 4.24. The number of anilines is 1. The highest BCUT2D eigenvalue weighted by Gasteiger charge is 2.29. The summed E-state index contributed by atoms with van der Waals surface area (Å²) in [7, 11) is -3.70. The topological polar surface area (TPSA) is 79.4 Å². The highest BCUT2D eigenvalue weighted by Crippen LogP contribution is 2.26. The third kappa shape index (κ3) is 4.24. The van der Waals surface area contributed by atoms with Crippen LogP contribution >= 0.6 is 11.3 Å². The molecule has 1 aliphatic heterocycles. The van der Waals surface area contributed by atoms with Crippen molar-refractivity contribution in [2.75, 3.05) is 18.4 Å². The maximum absolute atomic E-state index is 13.1. The van der Waals surface area contributed by atoms with Crippen LogP contribution in [0.3, 0.4) is 0 Å². The Balaban J connectivity index is 1.56. The largest absolute Gasteiger partial charge is 0.322 e. The van der Waals surface area contributed by atoms with Gasteiger partial charge in [0, 0.05) is 35.9 Å². The molecule has 6 nitrogen and oxygen atoms in total. The molecule has 0 radical (unpaired) electrons. The van der Waals surface area contributed by atoms with Crippen LogP contribution in [0.2, 0.25) is 0 Å². The molecule has 0 bridgehead atoms. The maximum atomic E-state index is 13.1. The van der Waals surface area contributed by atoms with Crippen LogP contribution in [0, 0.1) is 0 Å². The summed E-state index contributed by atoms with van der Waals surface area (Å²) in [5.41, 5.74) is 1.72. The smallest absolute Gasteiger partial charge is 0.257 e. The second kappa shape index (κ2) is 8.44. The third-order valence-electron chi connectivity index (χ3n) is 4.89. The van der Waals surface area contributed by atoms with E-state index < -0.39 is 15.9 Å². The monoisotopic (exact) mass is 427 g/mol. The van der Waals surface area contributed by atoms with Crippen molar-refractivity contribution in [1.29, 1.82) is 0 Å². The molecular weight excluding hydrogens is 406 g/mol. The van der Waals surface area contributed by atoms with Crippen LogP contribution in [0.1, 0.15) is 29.6 Å². The van der Waals surface area contributed by atoms with Gasteiger partial charge in [-0.3, -0.25) is 4.79 Å². The van der Waals surface area contributed by atoms with Crippen LogP contribution in [-0.4, -0.2) is 36.7 Å². The van der Waals surface area contributed by atoms with Crippen molar-refractivity contribution in [3.8, 4) is 10.6 Å². The Labute approximate surface area is 174 Å². The van der Waals surface area contributed by atoms with Crippen molar-refractivity contribution in [2.45, 2.75) is 24.2 Å². The minimum absolute atomic E-state index is 0.0544.